The molecule has 2 aromatic rings. The Hall–Kier alpha value is -1.25. The zero-order chi connectivity index (χ0) is 11.9. The molecule has 0 amide bonds. The van der Waals surface area contributed by atoms with Gasteiger partial charge < -0.3 is 4.55 Å². The van der Waals surface area contributed by atoms with Gasteiger partial charge in [-0.15, -0.1) is 0 Å². The highest BCUT2D eigenvalue weighted by atomic mass is 32.2. The standard InChI is InChI=1S/C15H15OS/c16-17(15-11-5-2-6-12-15)13-7-10-14-8-3-1-4-9-14/h1-6,8-9,11H,7,10,13H2. The van der Waals surface area contributed by atoms with Crippen molar-refractivity contribution in [3.63, 3.8) is 0 Å². The second kappa shape index (κ2) is 6.48. The molecule has 0 aliphatic carbocycles. The lowest BCUT2D eigenvalue weighted by molar-refractivity contribution is 0.592. The van der Waals surface area contributed by atoms with Gasteiger partial charge in [0.05, 0.1) is 0 Å². The molecule has 0 aliphatic heterocycles. The Morgan fingerprint density at radius 1 is 1.00 bits per heavy atom. The van der Waals surface area contributed by atoms with Crippen LogP contribution in [0.3, 0.4) is 0 Å². The van der Waals surface area contributed by atoms with Crippen molar-refractivity contribution in [3.8, 4) is 0 Å². The van der Waals surface area contributed by atoms with E-state index in [1.807, 2.05) is 42.5 Å². The lowest BCUT2D eigenvalue weighted by Crippen LogP contribution is -2.07. The van der Waals surface area contributed by atoms with Crippen molar-refractivity contribution in [3.05, 3.63) is 66.2 Å². The summed E-state index contributed by atoms with van der Waals surface area (Å²) in [7, 11) is 0. The smallest absolute Gasteiger partial charge is 0.160 e. The van der Waals surface area contributed by atoms with Crippen LogP contribution in [0.2, 0.25) is 0 Å². The summed E-state index contributed by atoms with van der Waals surface area (Å²) in [5.74, 6) is 0.704. The SMILES string of the molecule is [O-][S+](CCCc1ccccc1)c1[c]cccc1. The van der Waals surface area contributed by atoms with E-state index in [9.17, 15) is 4.55 Å². The van der Waals surface area contributed by atoms with Crippen LogP contribution in [-0.4, -0.2) is 10.3 Å². The average Bonchev–Trinajstić information content (AvgIpc) is 2.41. The summed E-state index contributed by atoms with van der Waals surface area (Å²) in [5, 5.41) is 0. The van der Waals surface area contributed by atoms with E-state index in [2.05, 4.69) is 18.2 Å². The van der Waals surface area contributed by atoms with Gasteiger partial charge in [-0.25, -0.2) is 0 Å². The predicted molar refractivity (Wildman–Crippen MR) is 71.3 cm³/mol. The Morgan fingerprint density at radius 2 is 1.76 bits per heavy atom. The Bertz CT molecular complexity index is 427. The van der Waals surface area contributed by atoms with Gasteiger partial charge in [-0.1, -0.05) is 42.5 Å². The van der Waals surface area contributed by atoms with E-state index in [0.29, 0.717) is 5.75 Å². The molecule has 0 aromatic heterocycles. The fraction of sp³-hybridized carbons (Fsp3) is 0.200. The number of benzene rings is 2. The normalized spacial score (nSPS) is 12.3. The molecule has 0 N–H and O–H groups in total. The maximum Gasteiger partial charge on any atom is 0.160 e. The van der Waals surface area contributed by atoms with E-state index in [4.69, 9.17) is 0 Å². The van der Waals surface area contributed by atoms with Crippen LogP contribution in [0.1, 0.15) is 12.0 Å². The van der Waals surface area contributed by atoms with Gasteiger partial charge in [0.2, 0.25) is 0 Å². The summed E-state index contributed by atoms with van der Waals surface area (Å²) in [6, 6.07) is 20.8. The summed E-state index contributed by atoms with van der Waals surface area (Å²) in [5.41, 5.74) is 1.31. The Morgan fingerprint density at radius 3 is 2.47 bits per heavy atom. The van der Waals surface area contributed by atoms with Crippen molar-refractivity contribution in [1.29, 1.82) is 0 Å². The lowest BCUT2D eigenvalue weighted by atomic mass is 10.1. The molecule has 1 radical (unpaired) electrons. The van der Waals surface area contributed by atoms with Gasteiger partial charge in [0.25, 0.3) is 0 Å². The largest absolute Gasteiger partial charge is 0.611 e. The van der Waals surface area contributed by atoms with Gasteiger partial charge in [-0.2, -0.15) is 0 Å². The molecule has 0 saturated carbocycles. The molecule has 1 unspecified atom stereocenters. The van der Waals surface area contributed by atoms with Gasteiger partial charge >= 0.3 is 0 Å². The third-order valence-electron chi connectivity index (χ3n) is 2.56. The third-order valence-corrected chi connectivity index (χ3v) is 3.97. The molecule has 0 saturated heterocycles. The van der Waals surface area contributed by atoms with Crippen LogP contribution in [0.4, 0.5) is 0 Å². The van der Waals surface area contributed by atoms with Crippen LogP contribution in [0, 0.1) is 6.07 Å². The van der Waals surface area contributed by atoms with E-state index in [1.165, 1.54) is 5.56 Å². The van der Waals surface area contributed by atoms with Crippen LogP contribution in [0.15, 0.2) is 59.5 Å². The van der Waals surface area contributed by atoms with Crippen LogP contribution in [0.5, 0.6) is 0 Å². The molecule has 0 bridgehead atoms. The first kappa shape index (κ1) is 12.2. The van der Waals surface area contributed by atoms with Crippen LogP contribution >= 0.6 is 0 Å². The van der Waals surface area contributed by atoms with Crippen LogP contribution in [0.25, 0.3) is 0 Å². The molecule has 1 atom stereocenters. The van der Waals surface area contributed by atoms with E-state index in [0.717, 1.165) is 17.7 Å². The quantitative estimate of drug-likeness (QED) is 0.739. The summed E-state index contributed by atoms with van der Waals surface area (Å²) < 4.78 is 11.9. The van der Waals surface area contributed by atoms with Crippen LogP contribution in [-0.2, 0) is 17.6 Å². The first-order chi connectivity index (χ1) is 8.36. The topological polar surface area (TPSA) is 23.1 Å². The minimum absolute atomic E-state index is 0.704. The monoisotopic (exact) mass is 243 g/mol. The Balaban J connectivity index is 1.79. The van der Waals surface area contributed by atoms with E-state index in [-0.39, 0.29) is 0 Å². The average molecular weight is 243 g/mol. The summed E-state index contributed by atoms with van der Waals surface area (Å²) in [6.07, 6.45) is 1.93. The van der Waals surface area contributed by atoms with Crippen molar-refractivity contribution in [2.24, 2.45) is 0 Å². The van der Waals surface area contributed by atoms with Gasteiger partial charge in [0.15, 0.2) is 4.90 Å². The second-order valence-electron chi connectivity index (χ2n) is 3.87. The van der Waals surface area contributed by atoms with E-state index >= 15 is 0 Å². The zero-order valence-electron chi connectivity index (χ0n) is 9.63. The number of hydrogen-bond acceptors (Lipinski definition) is 1. The van der Waals surface area contributed by atoms with Gasteiger partial charge in [-0.05, 0) is 41.7 Å². The molecule has 0 heterocycles. The molecule has 0 spiro atoms. The minimum Gasteiger partial charge on any atom is -0.611 e. The van der Waals surface area contributed by atoms with Crippen molar-refractivity contribution in [2.45, 2.75) is 17.7 Å². The molecular formula is C15H15OS. The van der Waals surface area contributed by atoms with Crippen molar-refractivity contribution >= 4 is 11.2 Å². The maximum absolute atomic E-state index is 11.9. The highest BCUT2D eigenvalue weighted by Gasteiger charge is 2.09. The molecular weight excluding hydrogens is 228 g/mol. The number of hydrogen-bond donors (Lipinski definition) is 0. The lowest BCUT2D eigenvalue weighted by Gasteiger charge is -2.09. The van der Waals surface area contributed by atoms with E-state index < -0.39 is 11.2 Å². The van der Waals surface area contributed by atoms with Crippen molar-refractivity contribution in [1.82, 2.24) is 0 Å². The first-order valence-electron chi connectivity index (χ1n) is 5.75. The molecule has 17 heavy (non-hydrogen) atoms. The number of rotatable bonds is 5. The highest BCUT2D eigenvalue weighted by molar-refractivity contribution is 7.91. The summed E-state index contributed by atoms with van der Waals surface area (Å²) in [6.45, 7) is 0. The van der Waals surface area contributed by atoms with Crippen molar-refractivity contribution < 1.29 is 4.55 Å². The minimum atomic E-state index is -0.913. The van der Waals surface area contributed by atoms with Crippen molar-refractivity contribution in [2.75, 3.05) is 5.75 Å². The second-order valence-corrected chi connectivity index (χ2v) is 5.40. The Kier molecular flexibility index (Phi) is 4.65. The molecule has 2 heteroatoms. The third kappa shape index (κ3) is 3.91. The fourth-order valence-electron chi connectivity index (χ4n) is 1.68. The fourth-order valence-corrected chi connectivity index (χ4v) is 2.74. The Labute approximate surface area is 106 Å². The first-order valence-corrected chi connectivity index (χ1v) is 7.07. The summed E-state index contributed by atoms with van der Waals surface area (Å²) >= 11 is -0.913. The molecule has 87 valence electrons. The van der Waals surface area contributed by atoms with Gasteiger partial charge in [-0.3, -0.25) is 0 Å². The summed E-state index contributed by atoms with van der Waals surface area (Å²) in [4.78, 5) is 0.806. The molecule has 0 aliphatic rings. The predicted octanol–water partition coefficient (Wildman–Crippen LogP) is 3.23. The van der Waals surface area contributed by atoms with Gasteiger partial charge in [0.1, 0.15) is 5.75 Å². The molecule has 0 fully saturated rings. The zero-order valence-corrected chi connectivity index (χ0v) is 10.5. The van der Waals surface area contributed by atoms with Crippen LogP contribution < -0.4 is 0 Å². The van der Waals surface area contributed by atoms with Gasteiger partial charge in [0, 0.05) is 6.07 Å². The van der Waals surface area contributed by atoms with E-state index in [1.54, 1.807) is 0 Å². The highest BCUT2D eigenvalue weighted by Crippen LogP contribution is 2.12. The molecule has 2 aromatic carbocycles. The maximum atomic E-state index is 11.9. The molecule has 1 nitrogen and oxygen atoms in total. The number of aryl methyl sites for hydroxylation is 1. The molecule has 2 rings (SSSR count).